The Bertz CT molecular complexity index is 523. The number of amides is 1. The molecule has 0 bridgehead atoms. The van der Waals surface area contributed by atoms with Crippen LogP contribution in [0, 0.1) is 11.3 Å². The van der Waals surface area contributed by atoms with Gasteiger partial charge in [0.2, 0.25) is 5.91 Å². The molecule has 0 aliphatic heterocycles. The molecule has 5 nitrogen and oxygen atoms in total. The molecule has 2 N–H and O–H groups in total. The van der Waals surface area contributed by atoms with Gasteiger partial charge in [0.15, 0.2) is 0 Å². The highest BCUT2D eigenvalue weighted by Crippen LogP contribution is 2.12. The molecule has 0 spiro atoms. The summed E-state index contributed by atoms with van der Waals surface area (Å²) < 4.78 is 0. The molecule has 0 atom stereocenters. The summed E-state index contributed by atoms with van der Waals surface area (Å²) in [4.78, 5) is 21.9. The van der Waals surface area contributed by atoms with Crippen molar-refractivity contribution >= 4 is 23.6 Å². The van der Waals surface area contributed by atoms with Crippen molar-refractivity contribution in [3.63, 3.8) is 0 Å². The van der Waals surface area contributed by atoms with Crippen molar-refractivity contribution in [3.05, 3.63) is 35.4 Å². The van der Waals surface area contributed by atoms with E-state index < -0.39 is 5.97 Å². The van der Waals surface area contributed by atoms with Crippen LogP contribution in [0.5, 0.6) is 0 Å². The third-order valence-corrected chi connectivity index (χ3v) is 3.98. The Balaban J connectivity index is 2.05. The third kappa shape index (κ3) is 8.32. The number of carboxylic acids is 1. The number of nitrogens with one attached hydrogen (secondary N) is 1. The molecule has 1 rings (SSSR count). The molecule has 0 unspecified atom stereocenters. The second-order valence-electron chi connectivity index (χ2n) is 4.86. The maximum absolute atomic E-state index is 11.6. The molecule has 6 heteroatoms. The lowest BCUT2D eigenvalue weighted by Gasteiger charge is -2.05. The number of carboxylic acid groups (broad SMARTS) is 1. The van der Waals surface area contributed by atoms with Crippen molar-refractivity contribution < 1.29 is 14.7 Å². The maximum atomic E-state index is 11.6. The van der Waals surface area contributed by atoms with E-state index in [0.717, 1.165) is 24.2 Å². The van der Waals surface area contributed by atoms with Crippen LogP contribution in [0.3, 0.4) is 0 Å². The summed E-state index contributed by atoms with van der Waals surface area (Å²) in [6.07, 6.45) is 2.46. The van der Waals surface area contributed by atoms with Crippen LogP contribution in [-0.4, -0.2) is 29.3 Å². The fraction of sp³-hybridized carbons (Fsp3) is 0.438. The Morgan fingerprint density at radius 3 is 2.55 bits per heavy atom. The van der Waals surface area contributed by atoms with E-state index in [9.17, 15) is 9.59 Å². The third-order valence-electron chi connectivity index (χ3n) is 2.97. The first kappa shape index (κ1) is 18.1. The summed E-state index contributed by atoms with van der Waals surface area (Å²) in [7, 11) is 0. The SMILES string of the molecule is N#Cc1ccc(CSCC(=O)NCCCCCC(=O)O)cc1. The van der Waals surface area contributed by atoms with Crippen molar-refractivity contribution in [1.82, 2.24) is 5.32 Å². The van der Waals surface area contributed by atoms with Gasteiger partial charge in [0.05, 0.1) is 17.4 Å². The van der Waals surface area contributed by atoms with Gasteiger partial charge in [-0.2, -0.15) is 5.26 Å². The second kappa shape index (κ2) is 10.7. The normalized spacial score (nSPS) is 9.95. The maximum Gasteiger partial charge on any atom is 0.303 e. The van der Waals surface area contributed by atoms with Crippen molar-refractivity contribution in [2.24, 2.45) is 0 Å². The molecule has 0 aliphatic carbocycles. The molecule has 0 saturated carbocycles. The number of unbranched alkanes of at least 4 members (excludes halogenated alkanes) is 2. The highest BCUT2D eigenvalue weighted by Gasteiger charge is 2.02. The number of benzene rings is 1. The number of carbonyl (C=O) groups excluding carboxylic acids is 1. The standard InChI is InChI=1S/C16H20N2O3S/c17-10-13-5-7-14(8-6-13)11-22-12-15(19)18-9-3-1-2-4-16(20)21/h5-8H,1-4,9,11-12H2,(H,18,19)(H,20,21). The van der Waals surface area contributed by atoms with Gasteiger partial charge in [0.1, 0.15) is 0 Å². The number of nitriles is 1. The van der Waals surface area contributed by atoms with Crippen molar-refractivity contribution in [3.8, 4) is 6.07 Å². The van der Waals surface area contributed by atoms with Gasteiger partial charge in [-0.3, -0.25) is 9.59 Å². The topological polar surface area (TPSA) is 90.2 Å². The predicted octanol–water partition coefficient (Wildman–Crippen LogP) is 2.55. The molecule has 118 valence electrons. The van der Waals surface area contributed by atoms with Crippen LogP contribution in [-0.2, 0) is 15.3 Å². The average molecular weight is 320 g/mol. The van der Waals surface area contributed by atoms with E-state index in [0.29, 0.717) is 24.3 Å². The molecule has 0 radical (unpaired) electrons. The smallest absolute Gasteiger partial charge is 0.303 e. The molecule has 0 fully saturated rings. The lowest BCUT2D eigenvalue weighted by molar-refractivity contribution is -0.137. The molecular formula is C16H20N2O3S. The van der Waals surface area contributed by atoms with Gasteiger partial charge < -0.3 is 10.4 Å². The minimum absolute atomic E-state index is 0.00289. The summed E-state index contributed by atoms with van der Waals surface area (Å²) in [6.45, 7) is 0.593. The van der Waals surface area contributed by atoms with Crippen LogP contribution in [0.2, 0.25) is 0 Å². The first-order valence-electron chi connectivity index (χ1n) is 7.17. The van der Waals surface area contributed by atoms with E-state index in [4.69, 9.17) is 10.4 Å². The molecular weight excluding hydrogens is 300 g/mol. The molecule has 1 aromatic carbocycles. The number of hydrogen-bond donors (Lipinski definition) is 2. The monoisotopic (exact) mass is 320 g/mol. The zero-order valence-corrected chi connectivity index (χ0v) is 13.2. The number of aliphatic carboxylic acids is 1. The largest absolute Gasteiger partial charge is 0.481 e. The van der Waals surface area contributed by atoms with Gasteiger partial charge in [0.25, 0.3) is 0 Å². The van der Waals surface area contributed by atoms with Crippen LogP contribution in [0.25, 0.3) is 0 Å². The van der Waals surface area contributed by atoms with Crippen molar-refractivity contribution in [2.45, 2.75) is 31.4 Å². The molecule has 22 heavy (non-hydrogen) atoms. The Morgan fingerprint density at radius 2 is 1.91 bits per heavy atom. The van der Waals surface area contributed by atoms with E-state index in [1.54, 1.807) is 12.1 Å². The molecule has 0 aliphatic rings. The lowest BCUT2D eigenvalue weighted by Crippen LogP contribution is -2.26. The number of hydrogen-bond acceptors (Lipinski definition) is 4. The van der Waals surface area contributed by atoms with Crippen LogP contribution in [0.15, 0.2) is 24.3 Å². The van der Waals surface area contributed by atoms with Gasteiger partial charge in [-0.25, -0.2) is 0 Å². The zero-order valence-electron chi connectivity index (χ0n) is 12.4. The van der Waals surface area contributed by atoms with Crippen LogP contribution in [0.4, 0.5) is 0 Å². The molecule has 0 saturated heterocycles. The van der Waals surface area contributed by atoms with E-state index in [1.165, 1.54) is 11.8 Å². The van der Waals surface area contributed by atoms with Gasteiger partial charge in [-0.05, 0) is 30.5 Å². The van der Waals surface area contributed by atoms with Gasteiger partial charge in [0, 0.05) is 18.7 Å². The fourth-order valence-electron chi connectivity index (χ4n) is 1.79. The summed E-state index contributed by atoms with van der Waals surface area (Å²) in [6, 6.07) is 9.40. The highest BCUT2D eigenvalue weighted by atomic mass is 32.2. The summed E-state index contributed by atoms with van der Waals surface area (Å²) >= 11 is 1.53. The fourth-order valence-corrected chi connectivity index (χ4v) is 2.61. The predicted molar refractivity (Wildman–Crippen MR) is 86.4 cm³/mol. The molecule has 1 amide bonds. The lowest BCUT2D eigenvalue weighted by atomic mass is 10.2. The molecule has 0 heterocycles. The number of carbonyl (C=O) groups is 2. The summed E-state index contributed by atoms with van der Waals surface area (Å²) in [5, 5.41) is 20.0. The first-order valence-corrected chi connectivity index (χ1v) is 8.32. The number of rotatable bonds is 10. The Kier molecular flexibility index (Phi) is 8.77. The van der Waals surface area contributed by atoms with Gasteiger partial charge in [-0.1, -0.05) is 18.6 Å². The van der Waals surface area contributed by atoms with Gasteiger partial charge in [-0.15, -0.1) is 11.8 Å². The van der Waals surface area contributed by atoms with Crippen LogP contribution in [0.1, 0.15) is 36.8 Å². The molecule has 1 aromatic rings. The average Bonchev–Trinajstić information content (AvgIpc) is 2.51. The van der Waals surface area contributed by atoms with E-state index in [2.05, 4.69) is 11.4 Å². The Labute approximate surface area is 134 Å². The number of thioether (sulfide) groups is 1. The number of nitrogens with zero attached hydrogens (tertiary/aromatic N) is 1. The Morgan fingerprint density at radius 1 is 1.18 bits per heavy atom. The summed E-state index contributed by atoms with van der Waals surface area (Å²) in [5.74, 6) is 0.354. The van der Waals surface area contributed by atoms with Crippen molar-refractivity contribution in [2.75, 3.05) is 12.3 Å². The van der Waals surface area contributed by atoms with Crippen LogP contribution < -0.4 is 5.32 Å². The zero-order chi connectivity index (χ0) is 16.2. The van der Waals surface area contributed by atoms with E-state index in [1.807, 2.05) is 12.1 Å². The summed E-state index contributed by atoms with van der Waals surface area (Å²) in [5.41, 5.74) is 1.72. The van der Waals surface area contributed by atoms with Crippen molar-refractivity contribution in [1.29, 1.82) is 5.26 Å². The minimum atomic E-state index is -0.775. The first-order chi connectivity index (χ1) is 10.6. The molecule has 0 aromatic heterocycles. The minimum Gasteiger partial charge on any atom is -0.481 e. The highest BCUT2D eigenvalue weighted by molar-refractivity contribution is 7.99. The Hall–Kier alpha value is -2.00. The second-order valence-corrected chi connectivity index (χ2v) is 5.84. The van der Waals surface area contributed by atoms with E-state index in [-0.39, 0.29) is 12.3 Å². The van der Waals surface area contributed by atoms with Gasteiger partial charge >= 0.3 is 5.97 Å². The van der Waals surface area contributed by atoms with Crippen LogP contribution >= 0.6 is 11.8 Å². The quantitative estimate of drug-likeness (QED) is 0.647. The van der Waals surface area contributed by atoms with E-state index >= 15 is 0 Å².